The Hall–Kier alpha value is -1.12. The van der Waals surface area contributed by atoms with E-state index in [9.17, 15) is 0 Å². The van der Waals surface area contributed by atoms with Crippen LogP contribution in [-0.2, 0) is 6.42 Å². The van der Waals surface area contributed by atoms with E-state index in [-0.39, 0.29) is 0 Å². The van der Waals surface area contributed by atoms with Crippen molar-refractivity contribution in [2.24, 2.45) is 0 Å². The van der Waals surface area contributed by atoms with Gasteiger partial charge in [0.15, 0.2) is 0 Å². The van der Waals surface area contributed by atoms with Gasteiger partial charge >= 0.3 is 0 Å². The molecule has 1 unspecified atom stereocenters. The molecule has 0 saturated carbocycles. The number of likely N-dealkylation sites (N-methyl/N-ethyl adjacent to an activating group) is 1. The van der Waals surface area contributed by atoms with Crippen LogP contribution < -0.4 is 5.32 Å². The largest absolute Gasteiger partial charge is 0.313 e. The molecule has 2 aromatic carbocycles. The topological polar surface area (TPSA) is 12.0 Å². The molecule has 18 heavy (non-hydrogen) atoms. The third-order valence-electron chi connectivity index (χ3n) is 3.24. The van der Waals surface area contributed by atoms with Crippen molar-refractivity contribution in [3.63, 3.8) is 0 Å². The van der Waals surface area contributed by atoms with E-state index in [2.05, 4.69) is 76.7 Å². The second kappa shape index (κ2) is 6.17. The molecule has 0 saturated heterocycles. The molecule has 0 radical (unpaired) electrons. The van der Waals surface area contributed by atoms with Crippen LogP contribution >= 0.6 is 15.9 Å². The highest BCUT2D eigenvalue weighted by molar-refractivity contribution is 9.10. The molecule has 0 amide bonds. The van der Waals surface area contributed by atoms with Crippen LogP contribution in [0, 0.1) is 6.92 Å². The minimum Gasteiger partial charge on any atom is -0.313 e. The maximum atomic E-state index is 3.51. The van der Waals surface area contributed by atoms with Crippen LogP contribution in [0.3, 0.4) is 0 Å². The Balaban J connectivity index is 2.23. The second-order valence-corrected chi connectivity index (χ2v) is 5.45. The van der Waals surface area contributed by atoms with E-state index >= 15 is 0 Å². The summed E-state index contributed by atoms with van der Waals surface area (Å²) >= 11 is 3.51. The standard InChI is InChI=1S/C16H18BrN/c1-12-10-14(17)8-9-15(12)16(18-2)11-13-6-4-3-5-7-13/h3-10,16,18H,11H2,1-2H3. The van der Waals surface area contributed by atoms with Crippen molar-refractivity contribution >= 4 is 15.9 Å². The molecule has 1 N–H and O–H groups in total. The van der Waals surface area contributed by atoms with Crippen LogP contribution in [0.25, 0.3) is 0 Å². The third kappa shape index (κ3) is 3.21. The fourth-order valence-electron chi connectivity index (χ4n) is 2.25. The highest BCUT2D eigenvalue weighted by Gasteiger charge is 2.12. The van der Waals surface area contributed by atoms with Gasteiger partial charge in [-0.15, -0.1) is 0 Å². The summed E-state index contributed by atoms with van der Waals surface area (Å²) < 4.78 is 1.14. The van der Waals surface area contributed by atoms with E-state index in [0.29, 0.717) is 6.04 Å². The van der Waals surface area contributed by atoms with Crippen LogP contribution in [0.2, 0.25) is 0 Å². The van der Waals surface area contributed by atoms with E-state index in [1.165, 1.54) is 16.7 Å². The predicted molar refractivity (Wildman–Crippen MR) is 80.8 cm³/mol. The molecule has 1 nitrogen and oxygen atoms in total. The summed E-state index contributed by atoms with van der Waals surface area (Å²) in [6.45, 7) is 2.16. The van der Waals surface area contributed by atoms with Gasteiger partial charge in [-0.05, 0) is 49.2 Å². The lowest BCUT2D eigenvalue weighted by Crippen LogP contribution is -2.19. The van der Waals surface area contributed by atoms with Gasteiger partial charge < -0.3 is 5.32 Å². The van der Waals surface area contributed by atoms with Crippen LogP contribution in [0.5, 0.6) is 0 Å². The average molecular weight is 304 g/mol. The summed E-state index contributed by atoms with van der Waals surface area (Å²) in [6.07, 6.45) is 1.01. The molecule has 94 valence electrons. The molecule has 0 spiro atoms. The first kappa shape index (κ1) is 13.3. The zero-order valence-corrected chi connectivity index (χ0v) is 12.4. The number of benzene rings is 2. The summed E-state index contributed by atoms with van der Waals surface area (Å²) in [5.41, 5.74) is 4.04. The lowest BCUT2D eigenvalue weighted by Gasteiger charge is -2.19. The molecule has 0 heterocycles. The van der Waals surface area contributed by atoms with Crippen LogP contribution in [0.4, 0.5) is 0 Å². The average Bonchev–Trinajstić information content (AvgIpc) is 2.38. The zero-order valence-electron chi connectivity index (χ0n) is 10.8. The van der Waals surface area contributed by atoms with Crippen molar-refractivity contribution in [1.82, 2.24) is 5.32 Å². The van der Waals surface area contributed by atoms with E-state index < -0.39 is 0 Å². The summed E-state index contributed by atoms with van der Waals surface area (Å²) in [7, 11) is 2.02. The number of halogens is 1. The highest BCUT2D eigenvalue weighted by atomic mass is 79.9. The Morgan fingerprint density at radius 3 is 2.44 bits per heavy atom. The van der Waals surface area contributed by atoms with Crippen LogP contribution in [-0.4, -0.2) is 7.05 Å². The third-order valence-corrected chi connectivity index (χ3v) is 3.73. The Bertz CT molecular complexity index is 508. The Kier molecular flexibility index (Phi) is 4.56. The number of nitrogens with one attached hydrogen (secondary N) is 1. The van der Waals surface area contributed by atoms with Gasteiger partial charge in [-0.25, -0.2) is 0 Å². The molecule has 1 atom stereocenters. The van der Waals surface area contributed by atoms with E-state index in [1.807, 2.05) is 7.05 Å². The lowest BCUT2D eigenvalue weighted by atomic mass is 9.95. The number of rotatable bonds is 4. The van der Waals surface area contributed by atoms with Gasteiger partial charge in [-0.2, -0.15) is 0 Å². The first-order chi connectivity index (χ1) is 8.70. The van der Waals surface area contributed by atoms with Gasteiger partial charge in [0.2, 0.25) is 0 Å². The molecular formula is C16H18BrN. The van der Waals surface area contributed by atoms with Gasteiger partial charge in [-0.3, -0.25) is 0 Å². The first-order valence-electron chi connectivity index (χ1n) is 6.18. The summed E-state index contributed by atoms with van der Waals surface area (Å²) in [6, 6.07) is 17.4. The molecule has 0 bridgehead atoms. The van der Waals surface area contributed by atoms with Crippen molar-refractivity contribution in [1.29, 1.82) is 0 Å². The minimum atomic E-state index is 0.362. The number of hydrogen-bond acceptors (Lipinski definition) is 1. The molecule has 0 aliphatic heterocycles. The molecule has 2 rings (SSSR count). The SMILES string of the molecule is CNC(Cc1ccccc1)c1ccc(Br)cc1C. The zero-order chi connectivity index (χ0) is 13.0. The van der Waals surface area contributed by atoms with Crippen LogP contribution in [0.1, 0.15) is 22.7 Å². The Morgan fingerprint density at radius 2 is 1.83 bits per heavy atom. The molecule has 2 heteroatoms. The minimum absolute atomic E-state index is 0.362. The van der Waals surface area contributed by atoms with E-state index in [0.717, 1.165) is 10.9 Å². The highest BCUT2D eigenvalue weighted by Crippen LogP contribution is 2.24. The maximum absolute atomic E-state index is 3.51. The van der Waals surface area contributed by atoms with Gasteiger partial charge in [0.25, 0.3) is 0 Å². The number of hydrogen-bond donors (Lipinski definition) is 1. The summed E-state index contributed by atoms with van der Waals surface area (Å²) in [5, 5.41) is 3.41. The molecule has 0 aliphatic carbocycles. The fraction of sp³-hybridized carbons (Fsp3) is 0.250. The normalized spacial score (nSPS) is 12.4. The summed E-state index contributed by atoms with van der Waals surface area (Å²) in [5.74, 6) is 0. The second-order valence-electron chi connectivity index (χ2n) is 4.53. The van der Waals surface area contributed by atoms with Crippen molar-refractivity contribution in [2.75, 3.05) is 7.05 Å². The summed E-state index contributed by atoms with van der Waals surface area (Å²) in [4.78, 5) is 0. The number of aryl methyl sites for hydroxylation is 1. The van der Waals surface area contributed by atoms with Crippen molar-refractivity contribution in [2.45, 2.75) is 19.4 Å². The van der Waals surface area contributed by atoms with Crippen molar-refractivity contribution in [3.05, 3.63) is 69.7 Å². The van der Waals surface area contributed by atoms with Gasteiger partial charge in [0, 0.05) is 10.5 Å². The van der Waals surface area contributed by atoms with E-state index in [4.69, 9.17) is 0 Å². The molecule has 2 aromatic rings. The molecule has 0 aliphatic rings. The van der Waals surface area contributed by atoms with Crippen LogP contribution in [0.15, 0.2) is 53.0 Å². The molecular weight excluding hydrogens is 286 g/mol. The fourth-order valence-corrected chi connectivity index (χ4v) is 2.72. The Morgan fingerprint density at radius 1 is 1.11 bits per heavy atom. The quantitative estimate of drug-likeness (QED) is 0.890. The van der Waals surface area contributed by atoms with Gasteiger partial charge in [0.05, 0.1) is 0 Å². The van der Waals surface area contributed by atoms with Crippen molar-refractivity contribution < 1.29 is 0 Å². The molecule has 0 fully saturated rings. The van der Waals surface area contributed by atoms with Gasteiger partial charge in [-0.1, -0.05) is 52.3 Å². The predicted octanol–water partition coefficient (Wildman–Crippen LogP) is 4.26. The molecule has 0 aromatic heterocycles. The first-order valence-corrected chi connectivity index (χ1v) is 6.97. The van der Waals surface area contributed by atoms with Crippen molar-refractivity contribution in [3.8, 4) is 0 Å². The van der Waals surface area contributed by atoms with E-state index in [1.54, 1.807) is 0 Å². The lowest BCUT2D eigenvalue weighted by molar-refractivity contribution is 0.589. The monoisotopic (exact) mass is 303 g/mol. The Labute approximate surface area is 117 Å². The maximum Gasteiger partial charge on any atom is 0.0361 e. The smallest absolute Gasteiger partial charge is 0.0361 e. The van der Waals surface area contributed by atoms with Gasteiger partial charge in [0.1, 0.15) is 0 Å².